The molecule has 0 aliphatic carbocycles. The maximum atomic E-state index is 13.7. The van der Waals surface area contributed by atoms with Crippen LogP contribution in [0.25, 0.3) is 0 Å². The highest BCUT2D eigenvalue weighted by molar-refractivity contribution is 7.81. The molecule has 0 aromatic heterocycles. The number of piperidine rings is 1. The van der Waals surface area contributed by atoms with Gasteiger partial charge in [0.05, 0.1) is 34.5 Å². The van der Waals surface area contributed by atoms with Gasteiger partial charge in [0.15, 0.2) is 5.11 Å². The average molecular weight is 825 g/mol. The molecule has 57 heavy (non-hydrogen) atoms. The number of nitrogens with zero attached hydrogens (tertiary/aromatic N) is 5. The van der Waals surface area contributed by atoms with Crippen LogP contribution in [0.3, 0.4) is 0 Å². The van der Waals surface area contributed by atoms with Gasteiger partial charge in [-0.1, -0.05) is 17.7 Å². The molecule has 2 atom stereocenters. The van der Waals surface area contributed by atoms with Gasteiger partial charge in [-0.15, -0.1) is 0 Å². The van der Waals surface area contributed by atoms with Crippen LogP contribution in [0.15, 0.2) is 60.7 Å². The highest BCUT2D eigenvalue weighted by Crippen LogP contribution is 2.41. The predicted octanol–water partition coefficient (Wildman–Crippen LogP) is 5.39. The predicted molar refractivity (Wildman–Crippen MR) is 212 cm³/mol. The normalized spacial score (nSPS) is 20.3. The van der Waals surface area contributed by atoms with Crippen molar-refractivity contribution in [2.75, 3.05) is 59.8 Å². The van der Waals surface area contributed by atoms with E-state index in [2.05, 4.69) is 25.8 Å². The van der Waals surface area contributed by atoms with Gasteiger partial charge < -0.3 is 20.3 Å². The summed E-state index contributed by atoms with van der Waals surface area (Å²) in [6, 6.07) is 16.1. The molecule has 3 fully saturated rings. The third-order valence-corrected chi connectivity index (χ3v) is 10.8. The first-order valence-electron chi connectivity index (χ1n) is 18.1. The minimum absolute atomic E-state index is 0.0492. The number of imide groups is 1. The number of carbonyl (C=O) groups excluding carboxylic acids is 4. The van der Waals surface area contributed by atoms with Crippen LogP contribution in [0.4, 0.5) is 35.9 Å². The Morgan fingerprint density at radius 2 is 1.81 bits per heavy atom. The van der Waals surface area contributed by atoms with Crippen LogP contribution in [0, 0.1) is 11.3 Å². The average Bonchev–Trinajstić information content (AvgIpc) is 3.32. The van der Waals surface area contributed by atoms with E-state index in [-0.39, 0.29) is 52.6 Å². The summed E-state index contributed by atoms with van der Waals surface area (Å²) in [4.78, 5) is 57.0. The zero-order valence-corrected chi connectivity index (χ0v) is 32.9. The summed E-state index contributed by atoms with van der Waals surface area (Å²) in [6.45, 7) is 8.41. The highest BCUT2D eigenvalue weighted by Gasteiger charge is 2.51. The molecule has 3 aliphatic rings. The third-order valence-electron chi connectivity index (χ3n) is 10.1. The molecule has 0 saturated carbocycles. The van der Waals surface area contributed by atoms with Crippen molar-refractivity contribution >= 4 is 75.3 Å². The maximum Gasteiger partial charge on any atom is 0.417 e. The Kier molecular flexibility index (Phi) is 12.1. The lowest BCUT2D eigenvalue weighted by molar-refractivity contribution is -0.138. The molecule has 300 valence electrons. The quantitative estimate of drug-likeness (QED) is 0.169. The molecule has 3 heterocycles. The van der Waals surface area contributed by atoms with Crippen molar-refractivity contribution < 1.29 is 37.1 Å². The first-order valence-corrected chi connectivity index (χ1v) is 18.9. The molecule has 0 spiro atoms. The number of thiocarbonyl (C=S) groups is 1. The van der Waals surface area contributed by atoms with Crippen molar-refractivity contribution in [3.63, 3.8) is 0 Å². The Bertz CT molecular complexity index is 2150. The SMILES string of the molecule is CC1CN(CCOc2ccc(N3C(=S)N(c4ccc(C#N)c(C(F)(F)F)c4)C(=O)C3(C)C)cc2Cl)CCN1CC(=O)Nc1cccc(NC2CCC(=O)NC2=O)c1. The number of anilines is 4. The van der Waals surface area contributed by atoms with E-state index in [4.69, 9.17) is 28.6 Å². The van der Waals surface area contributed by atoms with E-state index in [1.807, 2.05) is 6.92 Å². The summed E-state index contributed by atoms with van der Waals surface area (Å²) in [6.07, 6.45) is -4.16. The number of hydrogen-bond acceptors (Lipinski definition) is 10. The molecule has 13 nitrogen and oxygen atoms in total. The molecule has 2 unspecified atom stereocenters. The van der Waals surface area contributed by atoms with Crippen molar-refractivity contribution in [3.8, 4) is 11.8 Å². The minimum Gasteiger partial charge on any atom is -0.491 e. The lowest BCUT2D eigenvalue weighted by atomic mass is 10.0. The smallest absolute Gasteiger partial charge is 0.417 e. The number of nitrogens with one attached hydrogen (secondary N) is 3. The van der Waals surface area contributed by atoms with E-state index in [0.29, 0.717) is 62.0 Å². The molecule has 3 aliphatic heterocycles. The Morgan fingerprint density at radius 3 is 2.49 bits per heavy atom. The Hall–Kier alpha value is -5.28. The van der Waals surface area contributed by atoms with Gasteiger partial charge in [-0.25, -0.2) is 0 Å². The van der Waals surface area contributed by atoms with Crippen LogP contribution in [0.2, 0.25) is 5.02 Å². The zero-order chi connectivity index (χ0) is 41.2. The number of rotatable bonds is 11. The second-order valence-electron chi connectivity index (χ2n) is 14.5. The van der Waals surface area contributed by atoms with E-state index in [1.165, 1.54) is 17.0 Å². The van der Waals surface area contributed by atoms with Gasteiger partial charge in [0.1, 0.15) is 23.9 Å². The largest absolute Gasteiger partial charge is 0.491 e. The molecular formula is C39H40ClF3N8O5S. The second-order valence-corrected chi connectivity index (χ2v) is 15.3. The monoisotopic (exact) mass is 824 g/mol. The first kappa shape index (κ1) is 41.4. The number of halogens is 4. The van der Waals surface area contributed by atoms with Crippen LogP contribution >= 0.6 is 23.8 Å². The first-order chi connectivity index (χ1) is 27.0. The third kappa shape index (κ3) is 9.15. The van der Waals surface area contributed by atoms with Crippen LogP contribution in [0.5, 0.6) is 5.75 Å². The van der Waals surface area contributed by atoms with E-state index in [1.54, 1.807) is 56.3 Å². The van der Waals surface area contributed by atoms with Gasteiger partial charge in [-0.05, 0) is 94.0 Å². The summed E-state index contributed by atoms with van der Waals surface area (Å²) in [5, 5.41) is 17.8. The van der Waals surface area contributed by atoms with E-state index < -0.39 is 34.8 Å². The topological polar surface area (TPSA) is 150 Å². The Labute approximate surface area is 337 Å². The van der Waals surface area contributed by atoms with Gasteiger partial charge in [0, 0.05) is 55.7 Å². The van der Waals surface area contributed by atoms with Crippen molar-refractivity contribution in [1.29, 1.82) is 5.26 Å². The molecule has 18 heteroatoms. The number of ether oxygens (including phenoxy) is 1. The Balaban J connectivity index is 0.994. The molecule has 3 aromatic rings. The van der Waals surface area contributed by atoms with Crippen LogP contribution in [0.1, 0.15) is 44.7 Å². The van der Waals surface area contributed by atoms with E-state index in [9.17, 15) is 37.6 Å². The van der Waals surface area contributed by atoms with Crippen LogP contribution in [-0.4, -0.2) is 95.5 Å². The number of carbonyl (C=O) groups is 4. The van der Waals surface area contributed by atoms with Crippen LogP contribution in [-0.2, 0) is 25.4 Å². The molecule has 3 N–H and O–H groups in total. The second kappa shape index (κ2) is 16.7. The fourth-order valence-electron chi connectivity index (χ4n) is 7.10. The number of benzene rings is 3. The van der Waals surface area contributed by atoms with Gasteiger partial charge >= 0.3 is 6.18 Å². The van der Waals surface area contributed by atoms with Crippen molar-refractivity contribution in [1.82, 2.24) is 15.1 Å². The number of alkyl halides is 3. The van der Waals surface area contributed by atoms with Crippen molar-refractivity contribution in [2.45, 2.75) is 57.4 Å². The number of piperazine rings is 1. The van der Waals surface area contributed by atoms with Gasteiger partial charge in [-0.3, -0.25) is 39.2 Å². The van der Waals surface area contributed by atoms with Crippen molar-refractivity contribution in [3.05, 3.63) is 76.8 Å². The number of hydrogen-bond donors (Lipinski definition) is 3. The zero-order valence-electron chi connectivity index (χ0n) is 31.3. The van der Waals surface area contributed by atoms with E-state index >= 15 is 0 Å². The van der Waals surface area contributed by atoms with Crippen molar-refractivity contribution in [2.24, 2.45) is 0 Å². The maximum absolute atomic E-state index is 13.7. The highest BCUT2D eigenvalue weighted by atomic mass is 35.5. The molecule has 0 bridgehead atoms. The molecule has 3 aromatic carbocycles. The standard InChI is InChI=1S/C39H40ClF3N8O5S/c1-23-21-48(13-14-49(23)22-34(53)46-26-6-4-5-25(17-26)45-31-10-12-33(52)47-35(31)54)15-16-56-32-11-9-28(19-30(32)40)51-37(57)50(36(55)38(51,2)3)27-8-7-24(20-44)29(18-27)39(41,42)43/h4-9,11,17-19,23,31,45H,10,12-16,21-22H2,1-3H3,(H,46,53)(H,47,52,54). The van der Waals surface area contributed by atoms with E-state index in [0.717, 1.165) is 17.0 Å². The lowest BCUT2D eigenvalue weighted by Crippen LogP contribution is -2.54. The summed E-state index contributed by atoms with van der Waals surface area (Å²) in [5.41, 5.74) is -1.45. The summed E-state index contributed by atoms with van der Waals surface area (Å²) in [5.74, 6) is -0.992. The minimum atomic E-state index is -4.81. The molecule has 4 amide bonds. The molecule has 6 rings (SSSR count). The fourth-order valence-corrected chi connectivity index (χ4v) is 7.85. The Morgan fingerprint density at radius 1 is 1.07 bits per heavy atom. The molecule has 3 saturated heterocycles. The summed E-state index contributed by atoms with van der Waals surface area (Å²) in [7, 11) is 0. The van der Waals surface area contributed by atoms with Gasteiger partial charge in [0.25, 0.3) is 5.91 Å². The molecule has 0 radical (unpaired) electrons. The molecular weight excluding hydrogens is 785 g/mol. The number of amides is 4. The summed E-state index contributed by atoms with van der Waals surface area (Å²) >= 11 is 12.3. The number of nitriles is 1. The van der Waals surface area contributed by atoms with Gasteiger partial charge in [-0.2, -0.15) is 18.4 Å². The summed E-state index contributed by atoms with van der Waals surface area (Å²) < 4.78 is 47.2. The van der Waals surface area contributed by atoms with Gasteiger partial charge in [0.2, 0.25) is 17.7 Å². The fraction of sp³-hybridized carbons (Fsp3) is 0.385. The van der Waals surface area contributed by atoms with Crippen LogP contribution < -0.4 is 30.5 Å². The lowest BCUT2D eigenvalue weighted by Gasteiger charge is -2.39.